The van der Waals surface area contributed by atoms with Crippen molar-refractivity contribution < 1.29 is 4.42 Å². The smallest absolute Gasteiger partial charge is 0.152 e. The average molecular weight is 430 g/mol. The van der Waals surface area contributed by atoms with Crippen molar-refractivity contribution in [3.8, 4) is 28.0 Å². The molecule has 0 spiro atoms. The molecule has 9 heteroatoms. The number of rotatable bonds is 7. The fourth-order valence-corrected chi connectivity index (χ4v) is 3.76. The third-order valence-electron chi connectivity index (χ3n) is 4.59. The van der Waals surface area contributed by atoms with E-state index in [1.807, 2.05) is 53.9 Å². The number of nitrogens with one attached hydrogen (secondary N) is 2. The molecule has 0 radical (unpaired) electrons. The summed E-state index contributed by atoms with van der Waals surface area (Å²) in [4.78, 5) is 5.72. The first-order chi connectivity index (χ1) is 15.2. The van der Waals surface area contributed by atoms with Gasteiger partial charge in [-0.25, -0.2) is 16.4 Å². The first-order valence-electron chi connectivity index (χ1n) is 9.34. The van der Waals surface area contributed by atoms with Crippen LogP contribution in [0.15, 0.2) is 75.8 Å². The molecule has 0 unspecified atom stereocenters. The van der Waals surface area contributed by atoms with Crippen LogP contribution in [-0.2, 0) is 6.54 Å². The third kappa shape index (κ3) is 4.40. The van der Waals surface area contributed by atoms with Crippen LogP contribution in [0.4, 0.5) is 5.82 Å². The number of amidine groups is 1. The highest BCUT2D eigenvalue weighted by Crippen LogP contribution is 2.34. The first-order valence-corrected chi connectivity index (χ1v) is 10.2. The second-order valence-electron chi connectivity index (χ2n) is 6.52. The Balaban J connectivity index is 1.66. The quantitative estimate of drug-likeness (QED) is 0.152. The van der Waals surface area contributed by atoms with Crippen molar-refractivity contribution in [3.63, 3.8) is 0 Å². The molecule has 6 N–H and O–H groups in total. The van der Waals surface area contributed by atoms with Gasteiger partial charge in [0.05, 0.1) is 16.8 Å². The van der Waals surface area contributed by atoms with E-state index in [2.05, 4.69) is 22.0 Å². The monoisotopic (exact) mass is 429 g/mol. The number of nitriles is 1. The highest BCUT2D eigenvalue weighted by atomic mass is 32.1. The summed E-state index contributed by atoms with van der Waals surface area (Å²) in [5, 5.41) is 18.9. The van der Waals surface area contributed by atoms with Gasteiger partial charge in [0, 0.05) is 17.7 Å². The molecule has 0 saturated heterocycles. The van der Waals surface area contributed by atoms with Gasteiger partial charge in [0.2, 0.25) is 0 Å². The van der Waals surface area contributed by atoms with Gasteiger partial charge in [0.15, 0.2) is 5.84 Å². The summed E-state index contributed by atoms with van der Waals surface area (Å²) in [6.07, 6.45) is 1.59. The van der Waals surface area contributed by atoms with Crippen LogP contribution in [0, 0.1) is 11.3 Å². The van der Waals surface area contributed by atoms with E-state index in [4.69, 9.17) is 21.0 Å². The number of nitrogens with zero attached hydrogens (tertiary/aromatic N) is 3. The Morgan fingerprint density at radius 3 is 2.68 bits per heavy atom. The molecule has 0 aliphatic carbocycles. The lowest BCUT2D eigenvalue weighted by molar-refractivity contribution is 0.582. The van der Waals surface area contributed by atoms with Crippen LogP contribution in [0.2, 0.25) is 0 Å². The number of aromatic nitrogens is 1. The maximum Gasteiger partial charge on any atom is 0.152 e. The molecular formula is C22H19N7OS. The lowest BCUT2D eigenvalue weighted by Crippen LogP contribution is -2.22. The number of nitrogens with two attached hydrogens (primary N) is 2. The number of hydrogen-bond acceptors (Lipinski definition) is 8. The summed E-state index contributed by atoms with van der Waals surface area (Å²) in [5.74, 6) is 6.57. The van der Waals surface area contributed by atoms with E-state index in [-0.39, 0.29) is 0 Å². The van der Waals surface area contributed by atoms with Gasteiger partial charge in [-0.15, -0.1) is 16.4 Å². The number of anilines is 1. The summed E-state index contributed by atoms with van der Waals surface area (Å²) < 4.78 is 5.57. The van der Waals surface area contributed by atoms with Crippen molar-refractivity contribution in [2.45, 2.75) is 6.54 Å². The Bertz CT molecular complexity index is 1220. The van der Waals surface area contributed by atoms with Crippen molar-refractivity contribution in [1.82, 2.24) is 10.5 Å². The second kappa shape index (κ2) is 9.13. The SMILES string of the molecule is N#Cc1c(-c2ccco2)cc(-c2cccs2)nc1NCc1ccc(/C(N)=N/NN)cc1. The highest BCUT2D eigenvalue weighted by Gasteiger charge is 2.17. The van der Waals surface area contributed by atoms with E-state index >= 15 is 0 Å². The number of furan rings is 1. The molecule has 0 atom stereocenters. The minimum atomic E-state index is 0.294. The molecule has 1 aromatic carbocycles. The lowest BCUT2D eigenvalue weighted by Gasteiger charge is -2.13. The first kappa shape index (κ1) is 20.2. The summed E-state index contributed by atoms with van der Waals surface area (Å²) in [5.41, 5.74) is 11.6. The molecule has 0 aliphatic rings. The minimum absolute atomic E-state index is 0.294. The van der Waals surface area contributed by atoms with Gasteiger partial charge in [-0.05, 0) is 35.2 Å². The Morgan fingerprint density at radius 1 is 1.19 bits per heavy atom. The Kier molecular flexibility index (Phi) is 5.93. The Hall–Kier alpha value is -4.13. The predicted molar refractivity (Wildman–Crippen MR) is 122 cm³/mol. The lowest BCUT2D eigenvalue weighted by atomic mass is 10.1. The number of hydrazone groups is 1. The number of thiophene rings is 1. The molecule has 0 bridgehead atoms. The maximum atomic E-state index is 9.85. The molecule has 4 rings (SSSR count). The van der Waals surface area contributed by atoms with Crippen LogP contribution < -0.4 is 22.4 Å². The maximum absolute atomic E-state index is 9.85. The van der Waals surface area contributed by atoms with E-state index in [1.54, 1.807) is 23.7 Å². The summed E-state index contributed by atoms with van der Waals surface area (Å²) >= 11 is 1.59. The number of hydrogen-bond donors (Lipinski definition) is 4. The number of pyridine rings is 1. The van der Waals surface area contributed by atoms with Gasteiger partial charge in [-0.3, -0.25) is 0 Å². The molecule has 4 aromatic rings. The predicted octanol–water partition coefficient (Wildman–Crippen LogP) is 3.64. The molecule has 0 fully saturated rings. The summed E-state index contributed by atoms with van der Waals surface area (Å²) in [7, 11) is 0. The van der Waals surface area contributed by atoms with E-state index < -0.39 is 0 Å². The summed E-state index contributed by atoms with van der Waals surface area (Å²) in [6, 6.07) is 19.3. The zero-order valence-corrected chi connectivity index (χ0v) is 17.2. The standard InChI is InChI=1S/C22H19N7OS/c23-12-17-16(19-3-1-9-30-19)11-18(20-4-2-10-31-20)27-22(17)26-13-14-5-7-15(8-6-14)21(24)28-29-25/h1-11,29H,13,25H2,(H2,24,28)(H,26,27). The van der Waals surface area contributed by atoms with Crippen molar-refractivity contribution >= 4 is 23.0 Å². The number of hydrazine groups is 1. The van der Waals surface area contributed by atoms with E-state index in [1.165, 1.54) is 0 Å². The molecule has 3 heterocycles. The molecule has 3 aromatic heterocycles. The zero-order chi connectivity index (χ0) is 21.6. The van der Waals surface area contributed by atoms with Crippen LogP contribution in [0.5, 0.6) is 0 Å². The molecular weight excluding hydrogens is 410 g/mol. The van der Waals surface area contributed by atoms with Gasteiger partial charge >= 0.3 is 0 Å². The van der Waals surface area contributed by atoms with Gasteiger partial charge in [0.1, 0.15) is 23.2 Å². The van der Waals surface area contributed by atoms with Crippen molar-refractivity contribution in [1.29, 1.82) is 5.26 Å². The van der Waals surface area contributed by atoms with E-state index in [0.29, 0.717) is 35.1 Å². The fraction of sp³-hybridized carbons (Fsp3) is 0.0455. The van der Waals surface area contributed by atoms with Crippen molar-refractivity contribution in [2.24, 2.45) is 16.7 Å². The molecule has 0 amide bonds. The van der Waals surface area contributed by atoms with E-state index in [0.717, 1.165) is 21.7 Å². The molecule has 31 heavy (non-hydrogen) atoms. The average Bonchev–Trinajstić information content (AvgIpc) is 3.52. The van der Waals surface area contributed by atoms with Crippen LogP contribution >= 0.6 is 11.3 Å². The topological polar surface area (TPSA) is 138 Å². The zero-order valence-electron chi connectivity index (χ0n) is 16.4. The van der Waals surface area contributed by atoms with Gasteiger partial charge in [-0.1, -0.05) is 30.3 Å². The molecule has 0 aliphatic heterocycles. The summed E-state index contributed by atoms with van der Waals surface area (Å²) in [6.45, 7) is 0.472. The Morgan fingerprint density at radius 2 is 2.03 bits per heavy atom. The molecule has 0 saturated carbocycles. The van der Waals surface area contributed by atoms with E-state index in [9.17, 15) is 5.26 Å². The fourth-order valence-electron chi connectivity index (χ4n) is 3.08. The second-order valence-corrected chi connectivity index (χ2v) is 7.47. The normalized spacial score (nSPS) is 11.2. The van der Waals surface area contributed by atoms with Crippen LogP contribution in [0.3, 0.4) is 0 Å². The van der Waals surface area contributed by atoms with Crippen LogP contribution in [-0.4, -0.2) is 10.8 Å². The minimum Gasteiger partial charge on any atom is -0.464 e. The molecule has 8 nitrogen and oxygen atoms in total. The Labute approximate surface area is 182 Å². The van der Waals surface area contributed by atoms with Crippen molar-refractivity contribution in [3.05, 3.63) is 82.9 Å². The van der Waals surface area contributed by atoms with Crippen molar-refractivity contribution in [2.75, 3.05) is 5.32 Å². The number of benzene rings is 1. The highest BCUT2D eigenvalue weighted by molar-refractivity contribution is 7.13. The van der Waals surface area contributed by atoms with Crippen LogP contribution in [0.1, 0.15) is 16.7 Å². The van der Waals surface area contributed by atoms with Crippen LogP contribution in [0.25, 0.3) is 21.9 Å². The van der Waals surface area contributed by atoms with Gasteiger partial charge in [0.25, 0.3) is 0 Å². The molecule has 154 valence electrons. The van der Waals surface area contributed by atoms with Gasteiger partial charge in [-0.2, -0.15) is 5.26 Å². The third-order valence-corrected chi connectivity index (χ3v) is 5.48. The largest absolute Gasteiger partial charge is 0.464 e. The van der Waals surface area contributed by atoms with Gasteiger partial charge < -0.3 is 15.5 Å².